The molecule has 1 amide bonds. The summed E-state index contributed by atoms with van der Waals surface area (Å²) in [6.07, 6.45) is -7.18. The van der Waals surface area contributed by atoms with Gasteiger partial charge in [-0.25, -0.2) is 0 Å². The van der Waals surface area contributed by atoms with Crippen LogP contribution in [-0.4, -0.2) is 118 Å². The third kappa shape index (κ3) is 7.97. The van der Waals surface area contributed by atoms with Crippen molar-refractivity contribution in [1.29, 1.82) is 0 Å². The number of methoxy groups -OCH3 is 1. The van der Waals surface area contributed by atoms with Gasteiger partial charge in [0.2, 0.25) is 5.91 Å². The van der Waals surface area contributed by atoms with E-state index >= 15 is 0 Å². The number of hydrogen-bond donors (Lipinski definition) is 4. The zero-order valence-corrected chi connectivity index (χ0v) is 28.2. The Morgan fingerprint density at radius 3 is 2.18 bits per heavy atom. The van der Waals surface area contributed by atoms with Crippen molar-refractivity contribution < 1.29 is 49.0 Å². The minimum absolute atomic E-state index is 0.145. The molecule has 2 aliphatic rings. The summed E-state index contributed by atoms with van der Waals surface area (Å²) in [6, 6.07) is -1.60. The molecule has 0 aromatic rings. The highest BCUT2D eigenvalue weighted by Gasteiger charge is 2.52. The number of nitrogens with zero attached hydrogens (tertiary/aromatic N) is 2. The van der Waals surface area contributed by atoms with E-state index < -0.39 is 89.7 Å². The van der Waals surface area contributed by atoms with Gasteiger partial charge in [-0.15, -0.1) is 0 Å². The lowest BCUT2D eigenvalue weighted by Crippen LogP contribution is -2.61. The molecule has 13 nitrogen and oxygen atoms in total. The van der Waals surface area contributed by atoms with Gasteiger partial charge in [0.05, 0.1) is 48.0 Å². The topological polar surface area (TPSA) is 185 Å². The van der Waals surface area contributed by atoms with Crippen molar-refractivity contribution in [2.24, 2.45) is 28.8 Å². The Kier molecular flexibility index (Phi) is 13.3. The number of likely N-dealkylation sites (N-methyl/N-ethyl adjacent to an activating group) is 1. The molecule has 2 heterocycles. The first kappa shape index (κ1) is 38.4. The van der Waals surface area contributed by atoms with Crippen LogP contribution in [0.25, 0.3) is 0 Å². The second kappa shape index (κ2) is 15.2. The van der Waals surface area contributed by atoms with Gasteiger partial charge in [-0.05, 0) is 52.9 Å². The number of nitroso groups, excluding NO2 is 1. The molecule has 0 radical (unpaired) electrons. The zero-order valence-electron chi connectivity index (χ0n) is 28.2. The molecule has 15 atom stereocenters. The lowest BCUT2D eigenvalue weighted by molar-refractivity contribution is -0.301. The maximum absolute atomic E-state index is 13.3. The highest BCUT2D eigenvalue weighted by molar-refractivity contribution is 5.73. The van der Waals surface area contributed by atoms with Gasteiger partial charge in [0, 0.05) is 32.9 Å². The summed E-state index contributed by atoms with van der Waals surface area (Å²) in [5.41, 5.74) is -3.17. The van der Waals surface area contributed by atoms with Crippen LogP contribution in [0.1, 0.15) is 81.6 Å². The van der Waals surface area contributed by atoms with Gasteiger partial charge >= 0.3 is 5.97 Å². The molecule has 0 aliphatic carbocycles. The molecule has 2 rings (SSSR count). The fourth-order valence-electron chi connectivity index (χ4n) is 7.07. The minimum Gasteiger partial charge on any atom is -0.459 e. The molecule has 0 saturated carbocycles. The Labute approximate surface area is 261 Å². The molecular weight excluding hydrogens is 576 g/mol. The Hall–Kier alpha value is -1.74. The third-order valence-corrected chi connectivity index (χ3v) is 10.2. The van der Waals surface area contributed by atoms with Gasteiger partial charge in [-0.2, -0.15) is 4.91 Å². The molecule has 2 fully saturated rings. The molecule has 3 unspecified atom stereocenters. The van der Waals surface area contributed by atoms with Crippen LogP contribution in [0.15, 0.2) is 5.18 Å². The monoisotopic (exact) mass is 632 g/mol. The Morgan fingerprint density at radius 1 is 1.09 bits per heavy atom. The van der Waals surface area contributed by atoms with Crippen molar-refractivity contribution >= 4 is 11.9 Å². The summed E-state index contributed by atoms with van der Waals surface area (Å²) in [6.45, 7) is 14.5. The molecule has 44 heavy (non-hydrogen) atoms. The number of aliphatic hydroxyl groups excluding tert-OH is 3. The van der Waals surface area contributed by atoms with E-state index in [1.807, 2.05) is 0 Å². The molecule has 13 heteroatoms. The lowest BCUT2D eigenvalue weighted by atomic mass is 9.72. The maximum Gasteiger partial charge on any atom is 0.311 e. The second-order valence-electron chi connectivity index (χ2n) is 13.6. The smallest absolute Gasteiger partial charge is 0.311 e. The molecular formula is C31H56N2O11. The van der Waals surface area contributed by atoms with Crippen molar-refractivity contribution in [2.45, 2.75) is 148 Å². The molecule has 2 saturated heterocycles. The van der Waals surface area contributed by atoms with E-state index in [0.29, 0.717) is 6.42 Å². The second-order valence-corrected chi connectivity index (χ2v) is 13.6. The van der Waals surface area contributed by atoms with E-state index in [1.54, 1.807) is 48.6 Å². The third-order valence-electron chi connectivity index (χ3n) is 10.2. The van der Waals surface area contributed by atoms with Crippen LogP contribution >= 0.6 is 0 Å². The van der Waals surface area contributed by atoms with Crippen LogP contribution in [0.3, 0.4) is 0 Å². The Bertz CT molecular complexity index is 982. The number of carbonyl (C=O) groups is 2. The summed E-state index contributed by atoms with van der Waals surface area (Å²) >= 11 is 0. The van der Waals surface area contributed by atoms with Crippen LogP contribution in [-0.2, 0) is 28.5 Å². The first-order valence-corrected chi connectivity index (χ1v) is 15.7. The van der Waals surface area contributed by atoms with Crippen LogP contribution in [0.2, 0.25) is 0 Å². The number of amides is 1. The predicted octanol–water partition coefficient (Wildman–Crippen LogP) is 2.00. The van der Waals surface area contributed by atoms with Gasteiger partial charge in [0.25, 0.3) is 0 Å². The number of carbonyl (C=O) groups excluding carboxylic acids is 2. The highest BCUT2D eigenvalue weighted by Crippen LogP contribution is 2.40. The van der Waals surface area contributed by atoms with E-state index in [-0.39, 0.29) is 24.9 Å². The molecule has 256 valence electrons. The lowest BCUT2D eigenvalue weighted by Gasteiger charge is -2.48. The average molecular weight is 633 g/mol. The Morgan fingerprint density at radius 2 is 1.68 bits per heavy atom. The van der Waals surface area contributed by atoms with E-state index in [1.165, 1.54) is 32.8 Å². The minimum atomic E-state index is -1.92. The van der Waals surface area contributed by atoms with Crippen LogP contribution in [0, 0.1) is 28.6 Å². The van der Waals surface area contributed by atoms with Crippen molar-refractivity contribution in [2.75, 3.05) is 14.2 Å². The summed E-state index contributed by atoms with van der Waals surface area (Å²) in [4.78, 5) is 39.2. The van der Waals surface area contributed by atoms with Gasteiger partial charge in [-0.1, -0.05) is 32.9 Å². The molecule has 2 aliphatic heterocycles. The van der Waals surface area contributed by atoms with Crippen molar-refractivity contribution in [3.05, 3.63) is 4.91 Å². The summed E-state index contributed by atoms with van der Waals surface area (Å²) in [7, 11) is 3.05. The molecule has 0 bridgehead atoms. The summed E-state index contributed by atoms with van der Waals surface area (Å²) in [5, 5.41) is 48.9. The number of aliphatic hydroxyl groups is 4. The SMILES string of the molecule is CC[C@H]1OC(=O)[C@H](C)[C@@H](O)[C@H](C)[C@H](OC2O[C@H](C)C[C@H](N(C)C(C)=O)[C@@H]2O)C(C)(OC)C[C@H](C)C(N=O)[C@H](C)[C@@H](O)[C@]1(C)O. The van der Waals surface area contributed by atoms with E-state index in [4.69, 9.17) is 18.9 Å². The molecule has 0 aromatic heterocycles. The number of cyclic esters (lactones) is 1. The van der Waals surface area contributed by atoms with Gasteiger partial charge in [0.15, 0.2) is 6.29 Å². The fraction of sp³-hybridized carbons (Fsp3) is 0.935. The quantitative estimate of drug-likeness (QED) is 0.248. The first-order chi connectivity index (χ1) is 20.3. The largest absolute Gasteiger partial charge is 0.459 e. The van der Waals surface area contributed by atoms with Gasteiger partial charge in [0.1, 0.15) is 17.8 Å². The zero-order chi connectivity index (χ0) is 33.9. The first-order valence-electron chi connectivity index (χ1n) is 15.7. The number of hydrogen-bond acceptors (Lipinski definition) is 12. The molecule has 0 spiro atoms. The van der Waals surface area contributed by atoms with E-state index in [2.05, 4.69) is 5.18 Å². The van der Waals surface area contributed by atoms with E-state index in [9.17, 15) is 34.9 Å². The van der Waals surface area contributed by atoms with Crippen LogP contribution < -0.4 is 0 Å². The molecule has 0 aromatic carbocycles. The summed E-state index contributed by atoms with van der Waals surface area (Å²) in [5.74, 6) is -4.31. The summed E-state index contributed by atoms with van der Waals surface area (Å²) < 4.78 is 24.2. The number of rotatable bonds is 6. The maximum atomic E-state index is 13.3. The highest BCUT2D eigenvalue weighted by atomic mass is 16.7. The predicted molar refractivity (Wildman–Crippen MR) is 161 cm³/mol. The number of ether oxygens (including phenoxy) is 4. The molecule has 4 N–H and O–H groups in total. The van der Waals surface area contributed by atoms with Crippen LogP contribution in [0.4, 0.5) is 0 Å². The number of esters is 1. The normalized spacial score (nSPS) is 46.4. The van der Waals surface area contributed by atoms with Crippen molar-refractivity contribution in [3.63, 3.8) is 0 Å². The average Bonchev–Trinajstić information content (AvgIpc) is 2.97. The van der Waals surface area contributed by atoms with Gasteiger partial charge < -0.3 is 44.3 Å². The van der Waals surface area contributed by atoms with E-state index in [0.717, 1.165) is 0 Å². The van der Waals surface area contributed by atoms with Gasteiger partial charge in [-0.3, -0.25) is 9.59 Å². The van der Waals surface area contributed by atoms with Crippen molar-refractivity contribution in [1.82, 2.24) is 4.90 Å². The standard InChI is InChI=1S/C31H56N2O11/c1-12-22-31(9,39)26(37)17(4)23(32-40)15(2)14-30(8,41-11)27(18(5)24(35)19(6)28(38)43-22)44-29-25(36)21(13-16(3)42-29)33(10)20(7)34/h15-19,21-27,29,35-37,39H,12-14H2,1-11H3/t15-,16+,17-,18-,19+,21-,22+,23?,24-,25-,26+,27-,29?,30?,31+/m0/s1. The fourth-order valence-corrected chi connectivity index (χ4v) is 7.07. The van der Waals surface area contributed by atoms with Crippen LogP contribution in [0.5, 0.6) is 0 Å². The Balaban J connectivity index is 2.65. The van der Waals surface area contributed by atoms with Crippen molar-refractivity contribution in [3.8, 4) is 0 Å².